The quantitative estimate of drug-likeness (QED) is 0.492. The zero-order valence-electron chi connectivity index (χ0n) is 18.3. The summed E-state index contributed by atoms with van der Waals surface area (Å²) >= 11 is 1.55. The molecule has 3 aromatic carbocycles. The number of amides is 1. The Morgan fingerprint density at radius 1 is 0.970 bits per heavy atom. The molecule has 1 heterocycles. The first-order chi connectivity index (χ1) is 15.9. The van der Waals surface area contributed by atoms with Gasteiger partial charge in [-0.05, 0) is 73.8 Å². The molecule has 0 bridgehead atoms. The number of nitrogens with one attached hydrogen (secondary N) is 1. The molecule has 3 aromatic rings. The van der Waals surface area contributed by atoms with Gasteiger partial charge in [-0.15, -0.1) is 11.8 Å². The lowest BCUT2D eigenvalue weighted by atomic mass is 10.2. The van der Waals surface area contributed by atoms with Gasteiger partial charge in [0.1, 0.15) is 13.2 Å². The highest BCUT2D eigenvalue weighted by atomic mass is 32.2. The van der Waals surface area contributed by atoms with Crippen LogP contribution in [0.3, 0.4) is 0 Å². The number of benzene rings is 3. The number of rotatable bonds is 7. The van der Waals surface area contributed by atoms with Gasteiger partial charge in [-0.3, -0.25) is 9.10 Å². The third-order valence-corrected chi connectivity index (χ3v) is 7.81. The number of carbonyl (C=O) groups is 1. The van der Waals surface area contributed by atoms with Gasteiger partial charge >= 0.3 is 0 Å². The molecule has 0 unspecified atom stereocenters. The number of thioether (sulfide) groups is 1. The van der Waals surface area contributed by atoms with Crippen molar-refractivity contribution >= 4 is 39.1 Å². The highest BCUT2D eigenvalue weighted by molar-refractivity contribution is 7.98. The van der Waals surface area contributed by atoms with Gasteiger partial charge in [0.15, 0.2) is 11.5 Å². The minimum Gasteiger partial charge on any atom is -0.486 e. The Bertz CT molecular complexity index is 1240. The van der Waals surface area contributed by atoms with E-state index in [0.29, 0.717) is 41.7 Å². The first-order valence-corrected chi connectivity index (χ1v) is 13.1. The Kier molecular flexibility index (Phi) is 6.80. The van der Waals surface area contributed by atoms with Crippen LogP contribution in [0.25, 0.3) is 0 Å². The third kappa shape index (κ3) is 4.94. The number of nitrogens with zero attached hydrogens (tertiary/aromatic N) is 1. The van der Waals surface area contributed by atoms with Gasteiger partial charge in [0.25, 0.3) is 15.9 Å². The SMILES string of the molecule is CCN(c1ccc(C(=O)Nc2ccc3c(c2)OCCO3)cc1)S(=O)(=O)c1ccc(SC)cc1. The van der Waals surface area contributed by atoms with Crippen molar-refractivity contribution in [3.05, 3.63) is 72.3 Å². The number of carbonyl (C=O) groups excluding carboxylic acids is 1. The lowest BCUT2D eigenvalue weighted by Gasteiger charge is -2.23. The molecule has 1 amide bonds. The second-order valence-corrected chi connectivity index (χ2v) is 9.95. The maximum absolute atomic E-state index is 13.2. The fraction of sp³-hybridized carbons (Fsp3) is 0.208. The molecule has 33 heavy (non-hydrogen) atoms. The Labute approximate surface area is 197 Å². The molecule has 172 valence electrons. The molecule has 4 rings (SSSR count). The van der Waals surface area contributed by atoms with E-state index in [2.05, 4.69) is 5.32 Å². The summed E-state index contributed by atoms with van der Waals surface area (Å²) in [5.41, 5.74) is 1.48. The van der Waals surface area contributed by atoms with Crippen molar-refractivity contribution in [2.45, 2.75) is 16.7 Å². The Hall–Kier alpha value is -3.17. The first-order valence-electron chi connectivity index (χ1n) is 10.4. The van der Waals surface area contributed by atoms with Crippen LogP contribution >= 0.6 is 11.8 Å². The molecule has 0 spiro atoms. The van der Waals surface area contributed by atoms with Gasteiger partial charge in [0.05, 0.1) is 10.6 Å². The standard InChI is InChI=1S/C24H24N2O5S2/c1-3-26(33(28,29)21-11-9-20(32-2)10-12-21)19-7-4-17(5-8-19)24(27)25-18-6-13-22-23(16-18)31-15-14-30-22/h4-13,16H,3,14-15H2,1-2H3,(H,25,27). The second-order valence-electron chi connectivity index (χ2n) is 7.20. The van der Waals surface area contributed by atoms with Crippen LogP contribution in [0.1, 0.15) is 17.3 Å². The van der Waals surface area contributed by atoms with Gasteiger partial charge in [0, 0.05) is 28.8 Å². The molecular formula is C24H24N2O5S2. The van der Waals surface area contributed by atoms with Crippen molar-refractivity contribution < 1.29 is 22.7 Å². The van der Waals surface area contributed by atoms with Crippen LogP contribution in [0.15, 0.2) is 76.5 Å². The number of fused-ring (bicyclic) bond motifs is 1. The van der Waals surface area contributed by atoms with Gasteiger partial charge < -0.3 is 14.8 Å². The molecule has 0 aromatic heterocycles. The summed E-state index contributed by atoms with van der Waals surface area (Å²) in [6, 6.07) is 18.5. The van der Waals surface area contributed by atoms with E-state index in [0.717, 1.165) is 4.90 Å². The van der Waals surface area contributed by atoms with Crippen LogP contribution in [0.2, 0.25) is 0 Å². The van der Waals surface area contributed by atoms with Crippen LogP contribution in [0.4, 0.5) is 11.4 Å². The zero-order chi connectivity index (χ0) is 23.4. The van der Waals surface area contributed by atoms with Crippen LogP contribution in [0.5, 0.6) is 11.5 Å². The Morgan fingerprint density at radius 3 is 2.27 bits per heavy atom. The van der Waals surface area contributed by atoms with Crippen molar-refractivity contribution in [2.75, 3.05) is 35.6 Å². The molecule has 1 aliphatic heterocycles. The van der Waals surface area contributed by atoms with Crippen LogP contribution in [-0.4, -0.2) is 40.3 Å². The summed E-state index contributed by atoms with van der Waals surface area (Å²) in [6.07, 6.45) is 1.94. The van der Waals surface area contributed by atoms with Crippen molar-refractivity contribution in [3.8, 4) is 11.5 Å². The zero-order valence-corrected chi connectivity index (χ0v) is 19.9. The van der Waals surface area contributed by atoms with Gasteiger partial charge in [-0.2, -0.15) is 0 Å². The van der Waals surface area contributed by atoms with E-state index in [-0.39, 0.29) is 17.3 Å². The van der Waals surface area contributed by atoms with Crippen molar-refractivity contribution in [2.24, 2.45) is 0 Å². The number of anilines is 2. The molecule has 0 aliphatic carbocycles. The lowest BCUT2D eigenvalue weighted by molar-refractivity contribution is 0.102. The smallest absolute Gasteiger partial charge is 0.264 e. The monoisotopic (exact) mass is 484 g/mol. The number of ether oxygens (including phenoxy) is 2. The van der Waals surface area contributed by atoms with E-state index in [1.54, 1.807) is 85.4 Å². The normalized spacial score (nSPS) is 12.8. The number of hydrogen-bond acceptors (Lipinski definition) is 6. The second kappa shape index (κ2) is 9.76. The Morgan fingerprint density at radius 2 is 1.64 bits per heavy atom. The highest BCUT2D eigenvalue weighted by Gasteiger charge is 2.24. The van der Waals surface area contributed by atoms with Crippen LogP contribution in [0, 0.1) is 0 Å². The lowest BCUT2D eigenvalue weighted by Crippen LogP contribution is -2.30. The molecule has 0 saturated carbocycles. The predicted molar refractivity (Wildman–Crippen MR) is 130 cm³/mol. The average Bonchev–Trinajstić information content (AvgIpc) is 2.84. The summed E-state index contributed by atoms with van der Waals surface area (Å²) in [4.78, 5) is 13.9. The van der Waals surface area contributed by atoms with E-state index in [1.807, 2.05) is 6.26 Å². The topological polar surface area (TPSA) is 84.9 Å². The number of sulfonamides is 1. The number of hydrogen-bond donors (Lipinski definition) is 1. The van der Waals surface area contributed by atoms with Crippen LogP contribution < -0.4 is 19.1 Å². The molecular weight excluding hydrogens is 460 g/mol. The molecule has 0 atom stereocenters. The van der Waals surface area contributed by atoms with Crippen molar-refractivity contribution in [3.63, 3.8) is 0 Å². The van der Waals surface area contributed by atoms with E-state index in [9.17, 15) is 13.2 Å². The summed E-state index contributed by atoms with van der Waals surface area (Å²) in [6.45, 7) is 2.99. The van der Waals surface area contributed by atoms with E-state index in [1.165, 1.54) is 4.31 Å². The van der Waals surface area contributed by atoms with Gasteiger partial charge in [-0.25, -0.2) is 8.42 Å². The minimum atomic E-state index is -3.72. The largest absolute Gasteiger partial charge is 0.486 e. The highest BCUT2D eigenvalue weighted by Crippen LogP contribution is 2.33. The minimum absolute atomic E-state index is 0.225. The van der Waals surface area contributed by atoms with Gasteiger partial charge in [0.2, 0.25) is 0 Å². The van der Waals surface area contributed by atoms with Crippen LogP contribution in [-0.2, 0) is 10.0 Å². The Balaban J connectivity index is 1.50. The molecule has 7 nitrogen and oxygen atoms in total. The van der Waals surface area contributed by atoms with E-state index < -0.39 is 10.0 Å². The summed E-state index contributed by atoms with van der Waals surface area (Å²) in [5, 5.41) is 2.83. The molecule has 0 radical (unpaired) electrons. The maximum Gasteiger partial charge on any atom is 0.264 e. The molecule has 1 aliphatic rings. The van der Waals surface area contributed by atoms with Crippen molar-refractivity contribution in [1.82, 2.24) is 0 Å². The predicted octanol–water partition coefficient (Wildman–Crippen LogP) is 4.65. The van der Waals surface area contributed by atoms with Crippen molar-refractivity contribution in [1.29, 1.82) is 0 Å². The average molecular weight is 485 g/mol. The fourth-order valence-corrected chi connectivity index (χ4v) is 5.35. The molecule has 9 heteroatoms. The molecule has 0 saturated heterocycles. The van der Waals surface area contributed by atoms with E-state index in [4.69, 9.17) is 9.47 Å². The van der Waals surface area contributed by atoms with Gasteiger partial charge in [-0.1, -0.05) is 0 Å². The summed E-state index contributed by atoms with van der Waals surface area (Å²) < 4.78 is 38.7. The molecule has 0 fully saturated rings. The third-order valence-electron chi connectivity index (χ3n) is 5.15. The first kappa shape index (κ1) is 23.0. The summed E-state index contributed by atoms with van der Waals surface area (Å²) in [7, 11) is -3.72. The van der Waals surface area contributed by atoms with E-state index >= 15 is 0 Å². The fourth-order valence-electron chi connectivity index (χ4n) is 3.47. The maximum atomic E-state index is 13.2. The molecule has 1 N–H and O–H groups in total. The summed E-state index contributed by atoms with van der Waals surface area (Å²) in [5.74, 6) is 0.924.